The van der Waals surface area contributed by atoms with Crippen LogP contribution >= 0.6 is 12.2 Å². The third-order valence-electron chi connectivity index (χ3n) is 7.32. The van der Waals surface area contributed by atoms with E-state index in [1.165, 1.54) is 24.3 Å². The van der Waals surface area contributed by atoms with E-state index in [1.807, 2.05) is 0 Å². The van der Waals surface area contributed by atoms with Gasteiger partial charge in [-0.15, -0.1) is 0 Å². The number of hydrogen-bond donors (Lipinski definition) is 10. The Kier molecular flexibility index (Phi) is 11.9. The monoisotopic (exact) mass is 637 g/mol. The van der Waals surface area contributed by atoms with Crippen molar-refractivity contribution >= 4 is 23.1 Å². The molecule has 18 heteroatoms. The van der Waals surface area contributed by atoms with Gasteiger partial charge in [0, 0.05) is 0 Å². The smallest absolute Gasteiger partial charge is 0.229 e. The average Bonchev–Trinajstić information content (AvgIpc) is 3.00. The van der Waals surface area contributed by atoms with Gasteiger partial charge in [-0.2, -0.15) is 4.99 Å². The summed E-state index contributed by atoms with van der Waals surface area (Å²) in [5, 5.41) is 104. The molecule has 1 aromatic rings. The van der Waals surface area contributed by atoms with Gasteiger partial charge in [0.1, 0.15) is 79.0 Å². The fraction of sp³-hybridized carbons (Fsp3) is 0.720. The first kappa shape index (κ1) is 34.1. The predicted octanol–water partition coefficient (Wildman–Crippen LogP) is -4.75. The van der Waals surface area contributed by atoms with Gasteiger partial charge in [-0.1, -0.05) is 0 Å². The van der Waals surface area contributed by atoms with Crippen LogP contribution in [0.2, 0.25) is 0 Å². The standard InChI is InChI=1S/C25H35NO16S/c27-5-11-14(29)17(32)19(34)23(39-11)37-7-13-16(31)22(42-24-20(35)18(33)15(30)12(6-28)40-24)21(36)25(41-13)38-10-3-1-9(2-4-10)26-8-43/h1-4,11-25,27-36H,5-7H2/t11-,12-,13-,14-,15-,16-,17+,18+,19+,20+,21+,22+,23+,24-,25+/m1/s1. The summed E-state index contributed by atoms with van der Waals surface area (Å²) in [7, 11) is 0. The number of isothiocyanates is 1. The molecule has 3 saturated heterocycles. The molecule has 3 heterocycles. The van der Waals surface area contributed by atoms with Crippen molar-refractivity contribution in [2.24, 2.45) is 4.99 Å². The van der Waals surface area contributed by atoms with Crippen LogP contribution < -0.4 is 4.74 Å². The molecule has 0 aliphatic carbocycles. The zero-order chi connectivity index (χ0) is 31.4. The van der Waals surface area contributed by atoms with Gasteiger partial charge < -0.3 is 79.5 Å². The second kappa shape index (κ2) is 15.0. The maximum atomic E-state index is 11.1. The van der Waals surface area contributed by atoms with Gasteiger partial charge in [0.2, 0.25) is 6.29 Å². The highest BCUT2D eigenvalue weighted by Gasteiger charge is 2.52. The van der Waals surface area contributed by atoms with Crippen LogP contribution in [0.4, 0.5) is 5.69 Å². The van der Waals surface area contributed by atoms with Gasteiger partial charge in [-0.25, -0.2) is 0 Å². The van der Waals surface area contributed by atoms with Crippen LogP contribution in [0.15, 0.2) is 29.3 Å². The molecule has 242 valence electrons. The van der Waals surface area contributed by atoms with Gasteiger partial charge >= 0.3 is 0 Å². The molecule has 0 spiro atoms. The number of thiocarbonyl (C=S) groups is 1. The zero-order valence-electron chi connectivity index (χ0n) is 22.4. The lowest BCUT2D eigenvalue weighted by Gasteiger charge is -2.46. The van der Waals surface area contributed by atoms with E-state index in [0.29, 0.717) is 5.69 Å². The molecule has 17 nitrogen and oxygen atoms in total. The Hall–Kier alpha value is -1.78. The van der Waals surface area contributed by atoms with Crippen molar-refractivity contribution < 1.29 is 79.5 Å². The topological polar surface area (TPSA) is 270 Å². The van der Waals surface area contributed by atoms with E-state index in [1.54, 1.807) is 0 Å². The number of hydrogen-bond acceptors (Lipinski definition) is 18. The zero-order valence-corrected chi connectivity index (χ0v) is 23.2. The summed E-state index contributed by atoms with van der Waals surface area (Å²) in [6.07, 6.45) is -24.6. The Balaban J connectivity index is 1.54. The van der Waals surface area contributed by atoms with Gasteiger partial charge in [-0.05, 0) is 36.5 Å². The van der Waals surface area contributed by atoms with Crippen LogP contribution in [0.3, 0.4) is 0 Å². The first-order chi connectivity index (χ1) is 20.5. The van der Waals surface area contributed by atoms with Crippen LogP contribution in [0.1, 0.15) is 0 Å². The van der Waals surface area contributed by atoms with Crippen molar-refractivity contribution in [2.75, 3.05) is 19.8 Å². The van der Waals surface area contributed by atoms with Crippen molar-refractivity contribution in [3.05, 3.63) is 24.3 Å². The van der Waals surface area contributed by atoms with Crippen LogP contribution in [-0.2, 0) is 23.7 Å². The number of benzene rings is 1. The van der Waals surface area contributed by atoms with Crippen LogP contribution in [0.25, 0.3) is 0 Å². The normalized spacial score (nSPS) is 43.5. The summed E-state index contributed by atoms with van der Waals surface area (Å²) in [5.74, 6) is 0.170. The second-order valence-electron chi connectivity index (χ2n) is 10.2. The minimum absolute atomic E-state index is 0.170. The highest BCUT2D eigenvalue weighted by molar-refractivity contribution is 7.78. The molecule has 0 radical (unpaired) electrons. The van der Waals surface area contributed by atoms with E-state index >= 15 is 0 Å². The van der Waals surface area contributed by atoms with Gasteiger partial charge in [0.05, 0.1) is 30.7 Å². The lowest BCUT2D eigenvalue weighted by molar-refractivity contribution is -0.358. The summed E-state index contributed by atoms with van der Waals surface area (Å²) in [6, 6.07) is 6.00. The number of aliphatic imine (C=N–C) groups is 1. The second-order valence-corrected chi connectivity index (χ2v) is 10.4. The maximum Gasteiger partial charge on any atom is 0.229 e. The van der Waals surface area contributed by atoms with Crippen molar-refractivity contribution in [2.45, 2.75) is 92.1 Å². The molecule has 3 fully saturated rings. The van der Waals surface area contributed by atoms with Crippen LogP contribution in [0.5, 0.6) is 5.75 Å². The molecule has 0 saturated carbocycles. The van der Waals surface area contributed by atoms with Crippen molar-refractivity contribution in [1.29, 1.82) is 0 Å². The highest BCUT2D eigenvalue weighted by Crippen LogP contribution is 2.32. The number of ether oxygens (including phenoxy) is 6. The SMILES string of the molecule is OC[C@H]1O[C@H](OC[C@H]2O[C@H](Oc3ccc(N=C=S)cc3)[C@@H](O)[C@@H](O[C@H]3O[C@H](CO)[C@@H](O)[C@H](O)[C@@H]3O)[C@@H]2O)[C@@H](O)[C@@H](O)[C@@H]1O. The molecular formula is C25H35NO16S. The molecule has 4 rings (SSSR count). The minimum atomic E-state index is -1.86. The van der Waals surface area contributed by atoms with E-state index in [2.05, 4.69) is 22.4 Å². The Labute approximate surface area is 249 Å². The largest absolute Gasteiger partial charge is 0.462 e. The molecule has 10 N–H and O–H groups in total. The summed E-state index contributed by atoms with van der Waals surface area (Å²) in [4.78, 5) is 3.82. The van der Waals surface area contributed by atoms with E-state index in [0.717, 1.165) is 0 Å². The Bertz CT molecular complexity index is 1080. The summed E-state index contributed by atoms with van der Waals surface area (Å²) in [6.45, 7) is -2.05. The van der Waals surface area contributed by atoms with Gasteiger partial charge in [0.15, 0.2) is 12.6 Å². The maximum absolute atomic E-state index is 11.1. The predicted molar refractivity (Wildman–Crippen MR) is 141 cm³/mol. The molecule has 15 atom stereocenters. The molecule has 3 aliphatic heterocycles. The summed E-state index contributed by atoms with van der Waals surface area (Å²) >= 11 is 4.57. The third kappa shape index (κ3) is 7.55. The number of rotatable bonds is 10. The minimum Gasteiger partial charge on any atom is -0.462 e. The lowest BCUT2D eigenvalue weighted by atomic mass is 9.96. The van der Waals surface area contributed by atoms with Crippen LogP contribution in [-0.4, -0.2) is 168 Å². The summed E-state index contributed by atoms with van der Waals surface area (Å²) in [5.41, 5.74) is 0.456. The fourth-order valence-electron chi connectivity index (χ4n) is 4.81. The molecule has 1 aromatic carbocycles. The molecule has 0 bridgehead atoms. The number of aliphatic hydroxyl groups excluding tert-OH is 10. The quantitative estimate of drug-likeness (QED) is 0.0852. The van der Waals surface area contributed by atoms with Gasteiger partial charge in [0.25, 0.3) is 0 Å². The van der Waals surface area contributed by atoms with Crippen LogP contribution in [0, 0.1) is 0 Å². The molecular weight excluding hydrogens is 602 g/mol. The highest BCUT2D eigenvalue weighted by atomic mass is 32.1. The van der Waals surface area contributed by atoms with Crippen molar-refractivity contribution in [1.82, 2.24) is 0 Å². The summed E-state index contributed by atoms with van der Waals surface area (Å²) < 4.78 is 33.3. The average molecular weight is 638 g/mol. The van der Waals surface area contributed by atoms with E-state index in [4.69, 9.17) is 28.4 Å². The van der Waals surface area contributed by atoms with E-state index < -0.39 is 112 Å². The molecule has 3 aliphatic rings. The number of aliphatic hydroxyl groups is 10. The van der Waals surface area contributed by atoms with E-state index in [-0.39, 0.29) is 5.75 Å². The van der Waals surface area contributed by atoms with Crippen molar-refractivity contribution in [3.63, 3.8) is 0 Å². The molecule has 0 amide bonds. The third-order valence-corrected chi connectivity index (χ3v) is 7.41. The molecule has 0 aromatic heterocycles. The molecule has 0 unspecified atom stereocenters. The Morgan fingerprint density at radius 1 is 0.651 bits per heavy atom. The Morgan fingerprint density at radius 3 is 1.74 bits per heavy atom. The fourth-order valence-corrected chi connectivity index (χ4v) is 4.92. The van der Waals surface area contributed by atoms with Gasteiger partial charge in [-0.3, -0.25) is 0 Å². The van der Waals surface area contributed by atoms with E-state index in [9.17, 15) is 51.1 Å². The molecule has 43 heavy (non-hydrogen) atoms. The number of nitrogens with zero attached hydrogens (tertiary/aromatic N) is 1. The Morgan fingerprint density at radius 2 is 1.19 bits per heavy atom. The first-order valence-electron chi connectivity index (χ1n) is 13.2. The van der Waals surface area contributed by atoms with Crippen molar-refractivity contribution in [3.8, 4) is 5.75 Å². The lowest BCUT2D eigenvalue weighted by Crippen LogP contribution is -2.65. The first-order valence-corrected chi connectivity index (χ1v) is 13.7.